The minimum atomic E-state index is -0.00824. The molecule has 0 fully saturated rings. The van der Waals surface area contributed by atoms with E-state index in [2.05, 4.69) is 4.98 Å². The summed E-state index contributed by atoms with van der Waals surface area (Å²) < 4.78 is 16.4. The van der Waals surface area contributed by atoms with Gasteiger partial charge < -0.3 is 19.1 Å². The zero-order chi connectivity index (χ0) is 23.4. The predicted molar refractivity (Wildman–Crippen MR) is 128 cm³/mol. The Morgan fingerprint density at radius 3 is 2.24 bits per heavy atom. The lowest BCUT2D eigenvalue weighted by Gasteiger charge is -2.23. The van der Waals surface area contributed by atoms with E-state index in [0.717, 1.165) is 33.6 Å². The molecule has 6 nitrogen and oxygen atoms in total. The third-order valence-corrected chi connectivity index (χ3v) is 6.05. The van der Waals surface area contributed by atoms with Gasteiger partial charge >= 0.3 is 0 Å². The molecular formula is C27H28N2O4. The van der Waals surface area contributed by atoms with Gasteiger partial charge in [0.05, 0.1) is 26.9 Å². The second kappa shape index (κ2) is 9.77. The number of allylic oxidation sites excluding steroid dienone is 1. The van der Waals surface area contributed by atoms with E-state index in [1.165, 1.54) is 0 Å². The van der Waals surface area contributed by atoms with E-state index < -0.39 is 0 Å². The van der Waals surface area contributed by atoms with Crippen LogP contribution in [-0.4, -0.2) is 43.7 Å². The minimum Gasteiger partial charge on any atom is -0.497 e. The Morgan fingerprint density at radius 1 is 0.939 bits per heavy atom. The molecule has 0 spiro atoms. The molecule has 0 N–H and O–H groups in total. The Hall–Kier alpha value is -3.80. The Morgan fingerprint density at radius 2 is 1.61 bits per heavy atom. The van der Waals surface area contributed by atoms with Crippen LogP contribution in [0.5, 0.6) is 17.2 Å². The number of carbonyl (C=O) groups is 1. The third kappa shape index (κ3) is 4.55. The van der Waals surface area contributed by atoms with E-state index in [1.54, 1.807) is 33.7 Å². The van der Waals surface area contributed by atoms with Gasteiger partial charge in [0.15, 0.2) is 11.5 Å². The highest BCUT2D eigenvalue weighted by Gasteiger charge is 2.29. The number of benzene rings is 2. The fraction of sp³-hybridized carbons (Fsp3) is 0.259. The molecule has 0 saturated heterocycles. The van der Waals surface area contributed by atoms with Gasteiger partial charge in [0, 0.05) is 25.5 Å². The summed E-state index contributed by atoms with van der Waals surface area (Å²) in [5.74, 6) is 2.05. The second-order valence-corrected chi connectivity index (χ2v) is 7.93. The first-order valence-corrected chi connectivity index (χ1v) is 10.8. The molecule has 1 aliphatic rings. The number of hydrogen-bond donors (Lipinski definition) is 0. The molecule has 3 aromatic rings. The predicted octanol–water partition coefficient (Wildman–Crippen LogP) is 4.62. The summed E-state index contributed by atoms with van der Waals surface area (Å²) in [6.07, 6.45) is 4.20. The first-order valence-electron chi connectivity index (χ1n) is 10.8. The van der Waals surface area contributed by atoms with Gasteiger partial charge in [0.25, 0.3) is 5.91 Å². The number of carbonyl (C=O) groups excluding carboxylic acids is 1. The van der Waals surface area contributed by atoms with Crippen molar-refractivity contribution in [2.24, 2.45) is 0 Å². The molecule has 0 radical (unpaired) electrons. The molecule has 0 bridgehead atoms. The Bertz CT molecular complexity index is 1170. The van der Waals surface area contributed by atoms with Gasteiger partial charge in [-0.1, -0.05) is 12.1 Å². The SMILES string of the molecule is COc1ccc(CN2CCc3cc(OC)c(OC)cc3/C(=C(/C)c3ccncc3)C2=O)cc1. The monoisotopic (exact) mass is 444 g/mol. The molecule has 2 heterocycles. The maximum Gasteiger partial charge on any atom is 0.255 e. The van der Waals surface area contributed by atoms with Crippen molar-refractivity contribution in [3.8, 4) is 17.2 Å². The van der Waals surface area contributed by atoms with Crippen molar-refractivity contribution in [3.05, 3.63) is 83.2 Å². The number of pyridine rings is 1. The zero-order valence-corrected chi connectivity index (χ0v) is 19.4. The first-order chi connectivity index (χ1) is 16.0. The number of aromatic nitrogens is 1. The van der Waals surface area contributed by atoms with Gasteiger partial charge in [-0.25, -0.2) is 0 Å². The largest absolute Gasteiger partial charge is 0.497 e. The summed E-state index contributed by atoms with van der Waals surface area (Å²) in [5, 5.41) is 0. The van der Waals surface area contributed by atoms with E-state index >= 15 is 0 Å². The fourth-order valence-corrected chi connectivity index (χ4v) is 4.20. The first kappa shape index (κ1) is 22.4. The Kier molecular flexibility index (Phi) is 6.63. The number of ether oxygens (including phenoxy) is 3. The van der Waals surface area contributed by atoms with E-state index in [4.69, 9.17) is 14.2 Å². The van der Waals surface area contributed by atoms with Crippen LogP contribution in [0.3, 0.4) is 0 Å². The lowest BCUT2D eigenvalue weighted by atomic mass is 9.91. The summed E-state index contributed by atoms with van der Waals surface area (Å²) >= 11 is 0. The van der Waals surface area contributed by atoms with Gasteiger partial charge in [-0.2, -0.15) is 0 Å². The highest BCUT2D eigenvalue weighted by Crippen LogP contribution is 2.39. The van der Waals surface area contributed by atoms with Crippen LogP contribution in [0.2, 0.25) is 0 Å². The van der Waals surface area contributed by atoms with Crippen molar-refractivity contribution in [1.29, 1.82) is 0 Å². The molecule has 1 aromatic heterocycles. The van der Waals surface area contributed by atoms with Crippen LogP contribution in [0.4, 0.5) is 0 Å². The van der Waals surface area contributed by atoms with E-state index in [0.29, 0.717) is 36.6 Å². The topological polar surface area (TPSA) is 60.9 Å². The van der Waals surface area contributed by atoms with Crippen molar-refractivity contribution < 1.29 is 19.0 Å². The normalized spacial score (nSPS) is 14.9. The van der Waals surface area contributed by atoms with Crippen LogP contribution >= 0.6 is 0 Å². The molecular weight excluding hydrogens is 416 g/mol. The summed E-state index contributed by atoms with van der Waals surface area (Å²) in [4.78, 5) is 20.0. The highest BCUT2D eigenvalue weighted by atomic mass is 16.5. The molecule has 33 heavy (non-hydrogen) atoms. The van der Waals surface area contributed by atoms with Gasteiger partial charge in [-0.05, 0) is 77.6 Å². The van der Waals surface area contributed by atoms with Crippen LogP contribution in [0.15, 0.2) is 60.9 Å². The average Bonchev–Trinajstić information content (AvgIpc) is 2.99. The van der Waals surface area contributed by atoms with Crippen LogP contribution in [0, 0.1) is 0 Å². The fourth-order valence-electron chi connectivity index (χ4n) is 4.20. The number of nitrogens with zero attached hydrogens (tertiary/aromatic N) is 2. The molecule has 4 rings (SSSR count). The van der Waals surface area contributed by atoms with Gasteiger partial charge in [0.2, 0.25) is 0 Å². The molecule has 170 valence electrons. The molecule has 0 atom stereocenters. The molecule has 1 amide bonds. The quantitative estimate of drug-likeness (QED) is 0.519. The summed E-state index contributed by atoms with van der Waals surface area (Å²) in [6.45, 7) is 3.10. The van der Waals surface area contributed by atoms with Crippen molar-refractivity contribution in [3.63, 3.8) is 0 Å². The smallest absolute Gasteiger partial charge is 0.255 e. The van der Waals surface area contributed by atoms with Gasteiger partial charge in [-0.3, -0.25) is 9.78 Å². The van der Waals surface area contributed by atoms with E-state index in [9.17, 15) is 4.79 Å². The van der Waals surface area contributed by atoms with E-state index in [-0.39, 0.29) is 5.91 Å². The third-order valence-electron chi connectivity index (χ3n) is 6.05. The lowest BCUT2D eigenvalue weighted by molar-refractivity contribution is -0.125. The highest BCUT2D eigenvalue weighted by molar-refractivity contribution is 6.27. The van der Waals surface area contributed by atoms with Crippen molar-refractivity contribution >= 4 is 17.1 Å². The number of amides is 1. The molecule has 0 unspecified atom stereocenters. The standard InChI is InChI=1S/C27H28N2O4/c1-18(20-9-12-28-13-10-20)26-23-16-25(33-4)24(32-3)15-21(23)11-14-29(27(26)30)17-19-5-7-22(31-2)8-6-19/h5-10,12-13,15-16H,11,14,17H2,1-4H3/b26-18+. The molecule has 0 saturated carbocycles. The Labute approximate surface area is 194 Å². The van der Waals surface area contributed by atoms with Crippen LogP contribution < -0.4 is 14.2 Å². The van der Waals surface area contributed by atoms with Crippen LogP contribution in [0.1, 0.15) is 29.2 Å². The Balaban J connectivity index is 1.82. The zero-order valence-electron chi connectivity index (χ0n) is 19.4. The van der Waals surface area contributed by atoms with Crippen molar-refractivity contribution in [2.45, 2.75) is 19.9 Å². The number of methoxy groups -OCH3 is 3. The van der Waals surface area contributed by atoms with Crippen molar-refractivity contribution in [1.82, 2.24) is 9.88 Å². The molecule has 1 aliphatic heterocycles. The van der Waals surface area contributed by atoms with Gasteiger partial charge in [0.1, 0.15) is 5.75 Å². The molecule has 0 aliphatic carbocycles. The lowest BCUT2D eigenvalue weighted by Crippen LogP contribution is -2.31. The molecule has 6 heteroatoms. The number of fused-ring (bicyclic) bond motifs is 1. The van der Waals surface area contributed by atoms with Crippen LogP contribution in [0.25, 0.3) is 11.1 Å². The van der Waals surface area contributed by atoms with Crippen molar-refractivity contribution in [2.75, 3.05) is 27.9 Å². The summed E-state index contributed by atoms with van der Waals surface area (Å²) in [6, 6.07) is 15.6. The second-order valence-electron chi connectivity index (χ2n) is 7.93. The number of rotatable bonds is 6. The maximum absolute atomic E-state index is 14.0. The maximum atomic E-state index is 14.0. The van der Waals surface area contributed by atoms with E-state index in [1.807, 2.05) is 60.4 Å². The number of hydrogen-bond acceptors (Lipinski definition) is 5. The van der Waals surface area contributed by atoms with Crippen LogP contribution in [-0.2, 0) is 17.8 Å². The molecule has 2 aromatic carbocycles. The average molecular weight is 445 g/mol. The van der Waals surface area contributed by atoms with Gasteiger partial charge in [-0.15, -0.1) is 0 Å². The summed E-state index contributed by atoms with van der Waals surface area (Å²) in [7, 11) is 4.88. The summed E-state index contributed by atoms with van der Waals surface area (Å²) in [5.41, 5.74) is 5.51. The minimum absolute atomic E-state index is 0.00824.